The Morgan fingerprint density at radius 3 is 1.78 bits per heavy atom. The molecular weight excluding hydrogens is 340 g/mol. The molecule has 160 valence electrons. The van der Waals surface area contributed by atoms with Gasteiger partial charge in [0.05, 0.1) is 4.92 Å². The summed E-state index contributed by atoms with van der Waals surface area (Å²) < 4.78 is 0. The molecule has 0 rings (SSSR count). The third kappa shape index (κ3) is 19.3. The summed E-state index contributed by atoms with van der Waals surface area (Å²) in [5, 5.41) is 13.3. The lowest BCUT2D eigenvalue weighted by atomic mass is 10.1. The zero-order valence-corrected chi connectivity index (χ0v) is 17.9. The summed E-state index contributed by atoms with van der Waals surface area (Å²) in [6.07, 6.45) is 17.7. The first-order valence-corrected chi connectivity index (χ1v) is 11.2. The van der Waals surface area contributed by atoms with Crippen LogP contribution < -0.4 is 11.1 Å². The van der Waals surface area contributed by atoms with E-state index in [1.54, 1.807) is 0 Å². The average Bonchev–Trinajstić information content (AvgIpc) is 2.63. The Labute approximate surface area is 167 Å². The van der Waals surface area contributed by atoms with Crippen LogP contribution in [0.3, 0.4) is 0 Å². The Hall–Kier alpha value is -1.30. The van der Waals surface area contributed by atoms with Crippen LogP contribution in [0.15, 0.2) is 12.0 Å². The van der Waals surface area contributed by atoms with Crippen molar-refractivity contribution in [3.8, 4) is 0 Å². The van der Waals surface area contributed by atoms with Crippen molar-refractivity contribution < 1.29 is 4.92 Å². The minimum absolute atomic E-state index is 0.137. The van der Waals surface area contributed by atoms with Gasteiger partial charge in [-0.15, -0.1) is 0 Å². The second kappa shape index (κ2) is 19.5. The quantitative estimate of drug-likeness (QED) is 0.175. The Balaban J connectivity index is 4.01. The van der Waals surface area contributed by atoms with Gasteiger partial charge in [-0.3, -0.25) is 10.1 Å². The molecule has 0 fully saturated rings. The molecule has 0 saturated carbocycles. The Morgan fingerprint density at radius 2 is 1.30 bits per heavy atom. The largest absolute Gasteiger partial charge is 0.380 e. The van der Waals surface area contributed by atoms with Crippen molar-refractivity contribution in [3.63, 3.8) is 0 Å². The molecule has 0 heterocycles. The lowest BCUT2D eigenvalue weighted by Gasteiger charge is -2.22. The number of unbranched alkanes of at least 4 members (excludes halogenated alkanes) is 10. The van der Waals surface area contributed by atoms with E-state index in [-0.39, 0.29) is 5.82 Å². The highest BCUT2D eigenvalue weighted by molar-refractivity contribution is 4.86. The number of nitrogens with one attached hydrogen (secondary N) is 1. The van der Waals surface area contributed by atoms with E-state index in [1.807, 2.05) is 0 Å². The number of hydrogen-bond donors (Lipinski definition) is 2. The zero-order valence-electron chi connectivity index (χ0n) is 17.9. The number of nitro groups is 1. The van der Waals surface area contributed by atoms with Gasteiger partial charge in [0.15, 0.2) is 5.82 Å². The Kier molecular flexibility index (Phi) is 18.5. The van der Waals surface area contributed by atoms with Crippen molar-refractivity contribution in [1.82, 2.24) is 10.2 Å². The van der Waals surface area contributed by atoms with E-state index >= 15 is 0 Å². The standard InChI is InChI=1S/C21H44N4O2/c1-3-5-7-9-11-13-17-24(18-14-12-10-8-6-4-2)19-15-16-23-21(22)20-25(26)27/h20,23H,3-19,22H2,1-2H3/b21-20+. The second-order valence-electron chi connectivity index (χ2n) is 7.53. The molecule has 0 spiro atoms. The minimum atomic E-state index is -0.522. The number of hydrogen-bond acceptors (Lipinski definition) is 5. The first kappa shape index (κ1) is 25.7. The second-order valence-corrected chi connectivity index (χ2v) is 7.53. The molecule has 27 heavy (non-hydrogen) atoms. The zero-order chi connectivity index (χ0) is 20.2. The molecule has 0 atom stereocenters. The molecule has 0 aliphatic carbocycles. The Morgan fingerprint density at radius 1 is 0.852 bits per heavy atom. The van der Waals surface area contributed by atoms with E-state index in [0.29, 0.717) is 6.54 Å². The maximum atomic E-state index is 10.4. The molecule has 0 unspecified atom stereocenters. The summed E-state index contributed by atoms with van der Waals surface area (Å²) >= 11 is 0. The highest BCUT2D eigenvalue weighted by Crippen LogP contribution is 2.09. The van der Waals surface area contributed by atoms with Gasteiger partial charge in [0, 0.05) is 6.54 Å². The van der Waals surface area contributed by atoms with Gasteiger partial charge in [0.1, 0.15) is 0 Å². The predicted molar refractivity (Wildman–Crippen MR) is 115 cm³/mol. The minimum Gasteiger partial charge on any atom is -0.380 e. The number of nitrogens with zero attached hydrogens (tertiary/aromatic N) is 2. The Bertz CT molecular complexity index is 359. The van der Waals surface area contributed by atoms with Crippen molar-refractivity contribution >= 4 is 0 Å². The summed E-state index contributed by atoms with van der Waals surface area (Å²) in [5.74, 6) is 0.137. The molecule has 0 aromatic heterocycles. The molecular formula is C21H44N4O2. The first-order valence-electron chi connectivity index (χ1n) is 11.2. The summed E-state index contributed by atoms with van der Waals surface area (Å²) in [4.78, 5) is 12.4. The third-order valence-corrected chi connectivity index (χ3v) is 4.88. The molecule has 0 saturated heterocycles. The first-order chi connectivity index (χ1) is 13.1. The lowest BCUT2D eigenvalue weighted by molar-refractivity contribution is -0.403. The SMILES string of the molecule is CCCCCCCCN(CCCCCCCC)CCCN/C(N)=C/[N+](=O)[O-]. The van der Waals surface area contributed by atoms with E-state index in [4.69, 9.17) is 5.73 Å². The topological polar surface area (TPSA) is 84.4 Å². The van der Waals surface area contributed by atoms with Crippen LogP contribution in [0.5, 0.6) is 0 Å². The fraction of sp³-hybridized carbons (Fsp3) is 0.905. The number of rotatable bonds is 20. The van der Waals surface area contributed by atoms with Gasteiger partial charge in [-0.1, -0.05) is 78.1 Å². The monoisotopic (exact) mass is 384 g/mol. The molecule has 0 aromatic rings. The molecule has 0 amide bonds. The van der Waals surface area contributed by atoms with E-state index < -0.39 is 4.92 Å². The van der Waals surface area contributed by atoms with Crippen molar-refractivity contribution in [2.45, 2.75) is 97.3 Å². The summed E-state index contributed by atoms with van der Waals surface area (Å²) in [7, 11) is 0. The van der Waals surface area contributed by atoms with Gasteiger partial charge in [-0.25, -0.2) is 0 Å². The maximum absolute atomic E-state index is 10.4. The van der Waals surface area contributed by atoms with Crippen LogP contribution >= 0.6 is 0 Å². The van der Waals surface area contributed by atoms with E-state index in [2.05, 4.69) is 24.1 Å². The molecule has 0 aliphatic rings. The van der Waals surface area contributed by atoms with Crippen LogP contribution in [-0.2, 0) is 0 Å². The van der Waals surface area contributed by atoms with Crippen molar-refractivity contribution in [1.29, 1.82) is 0 Å². The predicted octanol–water partition coefficient (Wildman–Crippen LogP) is 5.02. The molecule has 0 bridgehead atoms. The third-order valence-electron chi connectivity index (χ3n) is 4.88. The number of nitrogens with two attached hydrogens (primary N) is 1. The van der Waals surface area contributed by atoms with E-state index in [0.717, 1.165) is 19.2 Å². The smallest absolute Gasteiger partial charge is 0.273 e. The fourth-order valence-electron chi connectivity index (χ4n) is 3.26. The molecule has 0 aromatic carbocycles. The average molecular weight is 385 g/mol. The molecule has 0 radical (unpaired) electrons. The molecule has 0 aliphatic heterocycles. The molecule has 6 nitrogen and oxygen atoms in total. The van der Waals surface area contributed by atoms with Gasteiger partial charge in [-0.2, -0.15) is 0 Å². The van der Waals surface area contributed by atoms with Crippen LogP contribution in [-0.4, -0.2) is 36.0 Å². The van der Waals surface area contributed by atoms with Crippen LogP contribution in [0, 0.1) is 10.1 Å². The van der Waals surface area contributed by atoms with Crippen LogP contribution in [0.4, 0.5) is 0 Å². The van der Waals surface area contributed by atoms with Crippen LogP contribution in [0.2, 0.25) is 0 Å². The van der Waals surface area contributed by atoms with Gasteiger partial charge in [0.25, 0.3) is 6.20 Å². The van der Waals surface area contributed by atoms with Crippen molar-refractivity contribution in [3.05, 3.63) is 22.1 Å². The maximum Gasteiger partial charge on any atom is 0.273 e. The molecule has 3 N–H and O–H groups in total. The van der Waals surface area contributed by atoms with Crippen molar-refractivity contribution in [2.24, 2.45) is 5.73 Å². The fourth-order valence-corrected chi connectivity index (χ4v) is 3.26. The van der Waals surface area contributed by atoms with E-state index in [1.165, 1.54) is 90.1 Å². The van der Waals surface area contributed by atoms with Crippen LogP contribution in [0.1, 0.15) is 97.3 Å². The summed E-state index contributed by atoms with van der Waals surface area (Å²) in [6.45, 7) is 8.55. The van der Waals surface area contributed by atoms with Crippen molar-refractivity contribution in [2.75, 3.05) is 26.2 Å². The van der Waals surface area contributed by atoms with Crippen LogP contribution in [0.25, 0.3) is 0 Å². The van der Waals surface area contributed by atoms with Gasteiger partial charge >= 0.3 is 0 Å². The summed E-state index contributed by atoms with van der Waals surface area (Å²) in [5.41, 5.74) is 5.56. The summed E-state index contributed by atoms with van der Waals surface area (Å²) in [6, 6.07) is 0. The molecule has 6 heteroatoms. The van der Waals surface area contributed by atoms with Gasteiger partial charge in [0.2, 0.25) is 0 Å². The van der Waals surface area contributed by atoms with Gasteiger partial charge in [-0.05, 0) is 38.9 Å². The lowest BCUT2D eigenvalue weighted by Crippen LogP contribution is -2.30. The van der Waals surface area contributed by atoms with E-state index in [9.17, 15) is 10.1 Å². The highest BCUT2D eigenvalue weighted by Gasteiger charge is 2.05. The normalized spacial score (nSPS) is 11.9. The highest BCUT2D eigenvalue weighted by atomic mass is 16.6. The van der Waals surface area contributed by atoms with Gasteiger partial charge < -0.3 is 16.0 Å².